The summed E-state index contributed by atoms with van der Waals surface area (Å²) in [7, 11) is 4.40. The van der Waals surface area contributed by atoms with Crippen LogP contribution in [0.15, 0.2) is 48.8 Å². The number of hydrogen-bond acceptors (Lipinski definition) is 10. The third-order valence-corrected chi connectivity index (χ3v) is 8.72. The van der Waals surface area contributed by atoms with Crippen LogP contribution in [0, 0.1) is 10.8 Å². The second-order valence-electron chi connectivity index (χ2n) is 10.8. The third kappa shape index (κ3) is 4.44. The van der Waals surface area contributed by atoms with Gasteiger partial charge in [-0.1, -0.05) is 18.6 Å². The lowest BCUT2D eigenvalue weighted by atomic mass is 9.54. The minimum Gasteiger partial charge on any atom is -0.468 e. The molecule has 2 aromatic rings. The molecule has 3 saturated heterocycles. The molecule has 2 unspecified atom stereocenters. The van der Waals surface area contributed by atoms with Crippen molar-refractivity contribution in [2.75, 3.05) is 60.5 Å². The van der Waals surface area contributed by atoms with Crippen LogP contribution in [0.2, 0.25) is 0 Å². The first kappa shape index (κ1) is 27.4. The van der Waals surface area contributed by atoms with E-state index in [1.54, 1.807) is 24.5 Å². The molecule has 0 saturated carbocycles. The molecule has 3 aliphatic rings. The Bertz CT molecular complexity index is 1110. The standard InChI is InChI=1S/C29H37N5O5/c1-32-23(21-11-5-7-13-30-21)28(26(36)38-2)19-34(18-17-33-15-9-4-10-16-33)20-29(25(28)35,27(37)39-3)24(32)22-12-6-8-14-31-22/h5-8,11-14,23-24H,4,9-10,15-20H2,1-3H3/t23?,24?,28-,29+. The lowest BCUT2D eigenvalue weighted by Crippen LogP contribution is -2.75. The van der Waals surface area contributed by atoms with Gasteiger partial charge in [0, 0.05) is 38.6 Å². The molecular formula is C29H37N5O5. The van der Waals surface area contributed by atoms with Crippen LogP contribution < -0.4 is 0 Å². The Balaban J connectivity index is 1.70. The Hall–Kier alpha value is -3.21. The minimum absolute atomic E-state index is 0.117. The first-order chi connectivity index (χ1) is 18.9. The fourth-order valence-electron chi connectivity index (χ4n) is 7.09. The van der Waals surface area contributed by atoms with Gasteiger partial charge in [0.05, 0.1) is 37.7 Å². The molecule has 5 heterocycles. The van der Waals surface area contributed by atoms with Crippen molar-refractivity contribution in [3.8, 4) is 0 Å². The molecular weight excluding hydrogens is 498 g/mol. The van der Waals surface area contributed by atoms with Gasteiger partial charge < -0.3 is 14.4 Å². The predicted molar refractivity (Wildman–Crippen MR) is 142 cm³/mol. The number of likely N-dealkylation sites (tertiary alicyclic amines) is 3. The molecule has 2 bridgehead atoms. The molecule has 0 radical (unpaired) electrons. The Morgan fingerprint density at radius 1 is 0.821 bits per heavy atom. The van der Waals surface area contributed by atoms with Crippen molar-refractivity contribution >= 4 is 17.7 Å². The summed E-state index contributed by atoms with van der Waals surface area (Å²) in [5.41, 5.74) is -2.29. The number of pyridine rings is 2. The number of carbonyl (C=O) groups is 3. The monoisotopic (exact) mass is 535 g/mol. The zero-order valence-electron chi connectivity index (χ0n) is 22.9. The van der Waals surface area contributed by atoms with Crippen LogP contribution in [0.1, 0.15) is 42.7 Å². The van der Waals surface area contributed by atoms with Gasteiger partial charge in [0.1, 0.15) is 0 Å². The molecule has 4 atom stereocenters. The van der Waals surface area contributed by atoms with Gasteiger partial charge in [0.15, 0.2) is 16.6 Å². The number of aromatic nitrogens is 2. The van der Waals surface area contributed by atoms with Crippen molar-refractivity contribution in [1.82, 2.24) is 24.7 Å². The lowest BCUT2D eigenvalue weighted by molar-refractivity contribution is -0.204. The number of piperidine rings is 3. The van der Waals surface area contributed by atoms with Crippen molar-refractivity contribution in [2.24, 2.45) is 10.8 Å². The molecule has 0 amide bonds. The number of fused-ring (bicyclic) bond motifs is 2. The van der Waals surface area contributed by atoms with Gasteiger partial charge in [-0.2, -0.15) is 0 Å². The van der Waals surface area contributed by atoms with E-state index >= 15 is 0 Å². The van der Waals surface area contributed by atoms with E-state index in [9.17, 15) is 14.4 Å². The van der Waals surface area contributed by atoms with Crippen LogP contribution in [0.5, 0.6) is 0 Å². The molecule has 10 nitrogen and oxygen atoms in total. The molecule has 2 aromatic heterocycles. The average molecular weight is 536 g/mol. The van der Waals surface area contributed by atoms with Crippen molar-refractivity contribution in [3.63, 3.8) is 0 Å². The molecule has 0 aromatic carbocycles. The maximum atomic E-state index is 14.9. The van der Waals surface area contributed by atoms with Crippen LogP contribution in [0.3, 0.4) is 0 Å². The van der Waals surface area contributed by atoms with E-state index in [1.165, 1.54) is 20.6 Å². The molecule has 5 rings (SSSR count). The summed E-state index contributed by atoms with van der Waals surface area (Å²) in [4.78, 5) is 58.2. The Kier molecular flexibility index (Phi) is 7.80. The number of rotatable bonds is 7. The second-order valence-corrected chi connectivity index (χ2v) is 10.8. The van der Waals surface area contributed by atoms with E-state index < -0.39 is 40.6 Å². The topological polar surface area (TPSA) is 105 Å². The largest absolute Gasteiger partial charge is 0.468 e. The number of methoxy groups -OCH3 is 2. The van der Waals surface area contributed by atoms with Gasteiger partial charge in [-0.3, -0.25) is 34.2 Å². The predicted octanol–water partition coefficient (Wildman–Crippen LogP) is 1.89. The molecule has 3 fully saturated rings. The number of esters is 2. The molecule has 0 spiro atoms. The number of ether oxygens (including phenoxy) is 2. The summed E-state index contributed by atoms with van der Waals surface area (Å²) in [6.45, 7) is 3.65. The molecule has 0 N–H and O–H groups in total. The van der Waals surface area contributed by atoms with Crippen molar-refractivity contribution in [1.29, 1.82) is 0 Å². The Morgan fingerprint density at radius 2 is 1.31 bits per heavy atom. The second kappa shape index (κ2) is 11.1. The third-order valence-electron chi connectivity index (χ3n) is 8.72. The van der Waals surface area contributed by atoms with E-state index in [2.05, 4.69) is 19.8 Å². The molecule has 0 aliphatic carbocycles. The highest BCUT2D eigenvalue weighted by Gasteiger charge is 2.75. The number of hydrogen-bond donors (Lipinski definition) is 0. The first-order valence-electron chi connectivity index (χ1n) is 13.6. The quantitative estimate of drug-likeness (QED) is 0.386. The molecule has 10 heteroatoms. The van der Waals surface area contributed by atoms with E-state index in [1.807, 2.05) is 36.2 Å². The number of Topliss-reactive ketones (excluding diaryl/α,β-unsaturated/α-hetero) is 1. The summed E-state index contributed by atoms with van der Waals surface area (Å²) in [6, 6.07) is 9.29. The van der Waals surface area contributed by atoms with Crippen molar-refractivity contribution in [2.45, 2.75) is 31.3 Å². The normalized spacial score (nSPS) is 30.1. The highest BCUT2D eigenvalue weighted by atomic mass is 16.5. The smallest absolute Gasteiger partial charge is 0.322 e. The summed E-state index contributed by atoms with van der Waals surface area (Å²) in [6.07, 6.45) is 6.84. The summed E-state index contributed by atoms with van der Waals surface area (Å²) < 4.78 is 10.7. The summed E-state index contributed by atoms with van der Waals surface area (Å²) in [5, 5.41) is 0. The molecule has 208 valence electrons. The van der Waals surface area contributed by atoms with Gasteiger partial charge in [0.2, 0.25) is 0 Å². The van der Waals surface area contributed by atoms with Crippen LogP contribution in [0.25, 0.3) is 0 Å². The van der Waals surface area contributed by atoms with E-state index in [-0.39, 0.29) is 13.1 Å². The van der Waals surface area contributed by atoms with E-state index in [0.29, 0.717) is 17.9 Å². The Morgan fingerprint density at radius 3 is 1.74 bits per heavy atom. The number of carbonyl (C=O) groups excluding carboxylic acids is 3. The summed E-state index contributed by atoms with van der Waals surface area (Å²) >= 11 is 0. The van der Waals surface area contributed by atoms with Gasteiger partial charge in [0.25, 0.3) is 0 Å². The van der Waals surface area contributed by atoms with Gasteiger partial charge in [-0.25, -0.2) is 0 Å². The van der Waals surface area contributed by atoms with Gasteiger partial charge in [-0.05, 0) is 57.2 Å². The van der Waals surface area contributed by atoms with Crippen LogP contribution >= 0.6 is 0 Å². The maximum absolute atomic E-state index is 14.9. The van der Waals surface area contributed by atoms with Crippen molar-refractivity contribution < 1.29 is 23.9 Å². The fourth-order valence-corrected chi connectivity index (χ4v) is 7.09. The first-order valence-corrected chi connectivity index (χ1v) is 13.6. The van der Waals surface area contributed by atoms with Crippen LogP contribution in [0.4, 0.5) is 0 Å². The highest BCUT2D eigenvalue weighted by molar-refractivity contribution is 6.17. The van der Waals surface area contributed by atoms with E-state index in [4.69, 9.17) is 9.47 Å². The van der Waals surface area contributed by atoms with Crippen LogP contribution in [-0.4, -0.2) is 103 Å². The molecule has 39 heavy (non-hydrogen) atoms. The number of nitrogens with zero attached hydrogens (tertiary/aromatic N) is 5. The zero-order chi connectivity index (χ0) is 27.6. The fraction of sp³-hybridized carbons (Fsp3) is 0.552. The SMILES string of the molecule is COC(=O)[C@@]12CN(CCN3CCCCC3)C[C@@](C(=O)OC)(C1=O)C(c1ccccn1)N(C)C2c1ccccn1. The maximum Gasteiger partial charge on any atom is 0.322 e. The average Bonchev–Trinajstić information content (AvgIpc) is 2.98. The minimum atomic E-state index is -1.70. The molecule has 3 aliphatic heterocycles. The zero-order valence-corrected chi connectivity index (χ0v) is 22.9. The Labute approximate surface area is 229 Å². The summed E-state index contributed by atoms with van der Waals surface area (Å²) in [5.74, 6) is -1.84. The number of ketones is 1. The lowest BCUT2D eigenvalue weighted by Gasteiger charge is -2.60. The van der Waals surface area contributed by atoms with E-state index in [0.717, 1.165) is 32.5 Å². The van der Waals surface area contributed by atoms with Crippen molar-refractivity contribution in [3.05, 3.63) is 60.2 Å². The highest BCUT2D eigenvalue weighted by Crippen LogP contribution is 2.60. The van der Waals surface area contributed by atoms with Gasteiger partial charge in [-0.15, -0.1) is 0 Å². The van der Waals surface area contributed by atoms with Gasteiger partial charge >= 0.3 is 11.9 Å². The van der Waals surface area contributed by atoms with Crippen LogP contribution in [-0.2, 0) is 23.9 Å².